The van der Waals surface area contributed by atoms with Crippen LogP contribution in [0.15, 0.2) is 79.3 Å². The van der Waals surface area contributed by atoms with Crippen molar-refractivity contribution in [2.45, 2.75) is 18.9 Å². The molecule has 6 nitrogen and oxygen atoms in total. The fourth-order valence-corrected chi connectivity index (χ4v) is 3.92. The van der Waals surface area contributed by atoms with Crippen molar-refractivity contribution < 1.29 is 9.53 Å². The number of rotatable bonds is 6. The van der Waals surface area contributed by atoms with Gasteiger partial charge in [0, 0.05) is 31.0 Å². The van der Waals surface area contributed by atoms with E-state index in [0.29, 0.717) is 12.5 Å². The third-order valence-electron chi connectivity index (χ3n) is 5.36. The normalized spacial score (nSPS) is 18.7. The molecule has 0 bridgehead atoms. The number of nitrogens with two attached hydrogens (primary N) is 1. The molecule has 2 aliphatic rings. The average Bonchev–Trinajstić information content (AvgIpc) is 3.35. The van der Waals surface area contributed by atoms with Crippen LogP contribution in [0, 0.1) is 0 Å². The lowest BCUT2D eigenvalue weighted by Crippen LogP contribution is -2.42. The largest absolute Gasteiger partial charge is 0.457 e. The zero-order valence-corrected chi connectivity index (χ0v) is 16.4. The summed E-state index contributed by atoms with van der Waals surface area (Å²) in [5.41, 5.74) is 7.28. The molecule has 4 rings (SSSR count). The molecular formula is C23H26N4O2. The summed E-state index contributed by atoms with van der Waals surface area (Å²) in [6.45, 7) is 5.85. The van der Waals surface area contributed by atoms with Gasteiger partial charge in [-0.05, 0) is 55.3 Å². The Kier molecular flexibility index (Phi) is 5.42. The van der Waals surface area contributed by atoms with E-state index < -0.39 is 0 Å². The van der Waals surface area contributed by atoms with Crippen molar-refractivity contribution in [2.75, 3.05) is 24.7 Å². The quantitative estimate of drug-likeness (QED) is 0.765. The Morgan fingerprint density at radius 3 is 2.59 bits per heavy atom. The average molecular weight is 390 g/mol. The monoisotopic (exact) mass is 390 g/mol. The van der Waals surface area contributed by atoms with Gasteiger partial charge in [-0.1, -0.05) is 24.8 Å². The molecule has 2 aliphatic heterocycles. The topological polar surface area (TPSA) is 62.0 Å². The molecule has 2 N–H and O–H groups in total. The number of amides is 1. The van der Waals surface area contributed by atoms with Crippen LogP contribution in [0.2, 0.25) is 0 Å². The first-order chi connectivity index (χ1) is 14.1. The number of anilines is 1. The van der Waals surface area contributed by atoms with Crippen molar-refractivity contribution in [2.24, 2.45) is 5.73 Å². The summed E-state index contributed by atoms with van der Waals surface area (Å²) < 4.78 is 5.86. The fraction of sp³-hybridized carbons (Fsp3) is 0.261. The lowest BCUT2D eigenvalue weighted by molar-refractivity contribution is -0.126. The van der Waals surface area contributed by atoms with E-state index in [1.165, 1.54) is 6.08 Å². The Bertz CT molecular complexity index is 895. The molecule has 1 saturated heterocycles. The summed E-state index contributed by atoms with van der Waals surface area (Å²) >= 11 is 0. The van der Waals surface area contributed by atoms with Gasteiger partial charge in [-0.15, -0.1) is 0 Å². The third kappa shape index (κ3) is 4.21. The van der Waals surface area contributed by atoms with Crippen molar-refractivity contribution in [3.63, 3.8) is 0 Å². The van der Waals surface area contributed by atoms with E-state index in [1.807, 2.05) is 65.7 Å². The third-order valence-corrected chi connectivity index (χ3v) is 5.36. The highest BCUT2D eigenvalue weighted by Crippen LogP contribution is 2.28. The van der Waals surface area contributed by atoms with E-state index in [-0.39, 0.29) is 11.9 Å². The number of hydrogen-bond acceptors (Lipinski definition) is 5. The van der Waals surface area contributed by atoms with Crippen LogP contribution in [0.4, 0.5) is 5.69 Å². The zero-order chi connectivity index (χ0) is 20.2. The van der Waals surface area contributed by atoms with Crippen molar-refractivity contribution in [3.05, 3.63) is 79.3 Å². The predicted octanol–water partition coefficient (Wildman–Crippen LogP) is 3.49. The van der Waals surface area contributed by atoms with Crippen molar-refractivity contribution in [1.29, 1.82) is 0 Å². The molecule has 0 radical (unpaired) electrons. The highest BCUT2D eigenvalue weighted by atomic mass is 16.5. The molecule has 1 fully saturated rings. The van der Waals surface area contributed by atoms with Crippen LogP contribution in [0.1, 0.15) is 12.8 Å². The first-order valence-corrected chi connectivity index (χ1v) is 9.89. The molecule has 2 aromatic rings. The molecule has 0 saturated carbocycles. The molecule has 150 valence electrons. The van der Waals surface area contributed by atoms with Gasteiger partial charge in [0.05, 0.1) is 6.67 Å². The molecule has 1 amide bonds. The molecule has 2 aromatic carbocycles. The highest BCUT2D eigenvalue weighted by Gasteiger charge is 2.30. The molecule has 0 aromatic heterocycles. The molecule has 0 spiro atoms. The van der Waals surface area contributed by atoms with Crippen molar-refractivity contribution in [3.8, 4) is 11.5 Å². The van der Waals surface area contributed by atoms with Crippen LogP contribution >= 0.6 is 0 Å². The summed E-state index contributed by atoms with van der Waals surface area (Å²) in [6.07, 6.45) is 5.40. The van der Waals surface area contributed by atoms with Gasteiger partial charge in [0.2, 0.25) is 5.91 Å². The van der Waals surface area contributed by atoms with E-state index in [9.17, 15) is 4.79 Å². The Balaban J connectivity index is 1.38. The summed E-state index contributed by atoms with van der Waals surface area (Å²) in [4.78, 5) is 18.2. The van der Waals surface area contributed by atoms with Crippen LogP contribution in [0.5, 0.6) is 11.5 Å². The van der Waals surface area contributed by atoms with Crippen molar-refractivity contribution >= 4 is 11.6 Å². The van der Waals surface area contributed by atoms with Crippen LogP contribution in [-0.4, -0.2) is 41.5 Å². The number of carbonyl (C=O) groups is 1. The lowest BCUT2D eigenvalue weighted by Gasteiger charge is -2.29. The molecule has 0 unspecified atom stereocenters. The first kappa shape index (κ1) is 18.9. The second-order valence-corrected chi connectivity index (χ2v) is 7.34. The Morgan fingerprint density at radius 1 is 1.14 bits per heavy atom. The van der Waals surface area contributed by atoms with E-state index in [1.54, 1.807) is 0 Å². The van der Waals surface area contributed by atoms with E-state index in [4.69, 9.17) is 10.5 Å². The lowest BCUT2D eigenvalue weighted by atomic mass is 10.2. The summed E-state index contributed by atoms with van der Waals surface area (Å²) in [6, 6.07) is 17.8. The van der Waals surface area contributed by atoms with E-state index >= 15 is 0 Å². The van der Waals surface area contributed by atoms with E-state index in [2.05, 4.69) is 16.4 Å². The minimum absolute atomic E-state index is 0.00881. The number of carbonyl (C=O) groups excluding carboxylic acids is 1. The maximum Gasteiger partial charge on any atom is 0.246 e. The fourth-order valence-electron chi connectivity index (χ4n) is 3.92. The Labute approximate surface area is 171 Å². The predicted molar refractivity (Wildman–Crippen MR) is 114 cm³/mol. The SMILES string of the molecule is C=CC(=O)N1CCC[C@H]1CN1C=C(N)N(c2ccc(Oc3ccccc3)cc2)C1. The molecule has 2 heterocycles. The molecular weight excluding hydrogens is 364 g/mol. The molecule has 0 aliphatic carbocycles. The Hall–Kier alpha value is -3.41. The maximum absolute atomic E-state index is 12.0. The molecule has 6 heteroatoms. The minimum atomic E-state index is 0.00881. The summed E-state index contributed by atoms with van der Waals surface area (Å²) in [7, 11) is 0. The van der Waals surface area contributed by atoms with Gasteiger partial charge in [0.25, 0.3) is 0 Å². The zero-order valence-electron chi connectivity index (χ0n) is 16.4. The van der Waals surface area contributed by atoms with Crippen molar-refractivity contribution in [1.82, 2.24) is 9.80 Å². The number of para-hydroxylation sites is 1. The van der Waals surface area contributed by atoms with Crippen LogP contribution < -0.4 is 15.4 Å². The van der Waals surface area contributed by atoms with Gasteiger partial charge in [-0.3, -0.25) is 4.79 Å². The standard InChI is InChI=1S/C23H26N4O2/c1-2-23(28)26-14-6-7-19(26)15-25-16-22(24)27(17-25)18-10-12-21(13-11-18)29-20-8-4-3-5-9-20/h2-5,8-13,16,19H,1,6-7,14-15,17,24H2/t19-/m0/s1. The second-order valence-electron chi connectivity index (χ2n) is 7.34. The number of ether oxygens (including phenoxy) is 1. The highest BCUT2D eigenvalue weighted by molar-refractivity contribution is 5.87. The molecule has 29 heavy (non-hydrogen) atoms. The minimum Gasteiger partial charge on any atom is -0.457 e. The number of likely N-dealkylation sites (tertiary alicyclic amines) is 1. The first-order valence-electron chi connectivity index (χ1n) is 9.89. The van der Waals surface area contributed by atoms with E-state index in [0.717, 1.165) is 43.1 Å². The number of benzene rings is 2. The maximum atomic E-state index is 12.0. The van der Waals surface area contributed by atoms with Gasteiger partial charge in [-0.25, -0.2) is 0 Å². The summed E-state index contributed by atoms with van der Waals surface area (Å²) in [5.74, 6) is 2.29. The summed E-state index contributed by atoms with van der Waals surface area (Å²) in [5, 5.41) is 0. The van der Waals surface area contributed by atoms with Gasteiger partial charge in [0.1, 0.15) is 17.3 Å². The number of hydrogen-bond donors (Lipinski definition) is 1. The Morgan fingerprint density at radius 2 is 1.86 bits per heavy atom. The van der Waals surface area contributed by atoms with Crippen LogP contribution in [-0.2, 0) is 4.79 Å². The van der Waals surface area contributed by atoms with Gasteiger partial charge in [0.15, 0.2) is 0 Å². The second kappa shape index (κ2) is 8.31. The molecule has 1 atom stereocenters. The van der Waals surface area contributed by atoms with Crippen LogP contribution in [0.25, 0.3) is 0 Å². The van der Waals surface area contributed by atoms with Gasteiger partial charge in [-0.2, -0.15) is 0 Å². The van der Waals surface area contributed by atoms with Crippen LogP contribution in [0.3, 0.4) is 0 Å². The number of nitrogens with zero attached hydrogens (tertiary/aromatic N) is 3. The van der Waals surface area contributed by atoms with Gasteiger partial charge >= 0.3 is 0 Å². The van der Waals surface area contributed by atoms with Gasteiger partial charge < -0.3 is 25.2 Å². The smallest absolute Gasteiger partial charge is 0.246 e.